The van der Waals surface area contributed by atoms with Crippen molar-refractivity contribution in [3.05, 3.63) is 33.3 Å². The smallest absolute Gasteiger partial charge is 0.0464 e. The van der Waals surface area contributed by atoms with Crippen LogP contribution in [-0.4, -0.2) is 11.7 Å². The summed E-state index contributed by atoms with van der Waals surface area (Å²) < 4.78 is 0.928. The van der Waals surface area contributed by atoms with Crippen LogP contribution in [0.5, 0.6) is 0 Å². The molecule has 0 amide bonds. The minimum absolute atomic E-state index is 0.0769. The minimum Gasteiger partial charge on any atom is -0.396 e. The number of hydrogen-bond acceptors (Lipinski definition) is 2. The van der Waals surface area contributed by atoms with Gasteiger partial charge in [0, 0.05) is 22.1 Å². The molecule has 0 heterocycles. The molecule has 0 aliphatic heterocycles. The van der Waals surface area contributed by atoms with Crippen LogP contribution in [0.4, 0.5) is 0 Å². The quantitative estimate of drug-likeness (QED) is 0.881. The molecule has 72 valence electrons. The van der Waals surface area contributed by atoms with Crippen molar-refractivity contribution >= 4 is 27.5 Å². The first kappa shape index (κ1) is 11.0. The molecule has 0 spiro atoms. The molecular weight excluding hydrogens is 253 g/mol. The lowest BCUT2D eigenvalue weighted by Gasteiger charge is -2.12. The van der Waals surface area contributed by atoms with Crippen LogP contribution in [0.3, 0.4) is 0 Å². The highest BCUT2D eigenvalue weighted by Gasteiger charge is 2.09. The van der Waals surface area contributed by atoms with Crippen LogP contribution in [0, 0.1) is 0 Å². The Labute approximate surface area is 90.8 Å². The van der Waals surface area contributed by atoms with E-state index in [1.807, 2.05) is 12.1 Å². The van der Waals surface area contributed by atoms with Gasteiger partial charge in [0.05, 0.1) is 0 Å². The van der Waals surface area contributed by atoms with Gasteiger partial charge in [-0.1, -0.05) is 33.6 Å². The van der Waals surface area contributed by atoms with Gasteiger partial charge in [0.15, 0.2) is 0 Å². The van der Waals surface area contributed by atoms with E-state index >= 15 is 0 Å². The van der Waals surface area contributed by atoms with Crippen molar-refractivity contribution in [2.24, 2.45) is 5.73 Å². The summed E-state index contributed by atoms with van der Waals surface area (Å²) in [7, 11) is 0. The van der Waals surface area contributed by atoms with Crippen LogP contribution >= 0.6 is 27.5 Å². The Morgan fingerprint density at radius 1 is 1.54 bits per heavy atom. The van der Waals surface area contributed by atoms with Crippen molar-refractivity contribution < 1.29 is 5.11 Å². The molecule has 0 fully saturated rings. The zero-order chi connectivity index (χ0) is 9.84. The molecule has 0 bridgehead atoms. The highest BCUT2D eigenvalue weighted by Crippen LogP contribution is 2.26. The lowest BCUT2D eigenvalue weighted by molar-refractivity contribution is 0.276. The molecular formula is C9H11BrClNO. The molecule has 1 aromatic carbocycles. The molecule has 1 rings (SSSR count). The molecule has 2 nitrogen and oxygen atoms in total. The predicted octanol–water partition coefficient (Wildman–Crippen LogP) is 2.48. The SMILES string of the molecule is N[C@@H](CCO)c1ccc(Br)cc1Cl. The topological polar surface area (TPSA) is 46.2 Å². The summed E-state index contributed by atoms with van der Waals surface area (Å²) in [6.07, 6.45) is 0.529. The summed E-state index contributed by atoms with van der Waals surface area (Å²) in [4.78, 5) is 0. The number of benzene rings is 1. The second kappa shape index (κ2) is 4.96. The minimum atomic E-state index is -0.189. The fraction of sp³-hybridized carbons (Fsp3) is 0.333. The number of halogens is 2. The molecule has 13 heavy (non-hydrogen) atoms. The van der Waals surface area contributed by atoms with E-state index in [4.69, 9.17) is 22.4 Å². The first-order chi connectivity index (χ1) is 6.15. The molecule has 0 aromatic heterocycles. The van der Waals surface area contributed by atoms with Crippen molar-refractivity contribution in [3.63, 3.8) is 0 Å². The fourth-order valence-corrected chi connectivity index (χ4v) is 1.91. The third-order valence-corrected chi connectivity index (χ3v) is 2.62. The fourth-order valence-electron chi connectivity index (χ4n) is 1.10. The zero-order valence-corrected chi connectivity index (χ0v) is 9.35. The number of hydrogen-bond donors (Lipinski definition) is 2. The molecule has 0 aliphatic carbocycles. The molecule has 0 saturated carbocycles. The average Bonchev–Trinajstić information content (AvgIpc) is 2.04. The Balaban J connectivity index is 2.88. The maximum Gasteiger partial charge on any atom is 0.0464 e. The van der Waals surface area contributed by atoms with Gasteiger partial charge < -0.3 is 10.8 Å². The summed E-state index contributed by atoms with van der Waals surface area (Å²) in [6, 6.07) is 5.37. The average molecular weight is 265 g/mol. The van der Waals surface area contributed by atoms with Gasteiger partial charge in [-0.3, -0.25) is 0 Å². The van der Waals surface area contributed by atoms with E-state index < -0.39 is 0 Å². The Morgan fingerprint density at radius 3 is 2.77 bits per heavy atom. The van der Waals surface area contributed by atoms with Gasteiger partial charge in [0.1, 0.15) is 0 Å². The Bertz CT molecular complexity index is 293. The molecule has 1 aromatic rings. The van der Waals surface area contributed by atoms with Crippen molar-refractivity contribution in [2.45, 2.75) is 12.5 Å². The van der Waals surface area contributed by atoms with E-state index in [0.717, 1.165) is 10.0 Å². The van der Waals surface area contributed by atoms with Crippen LogP contribution in [0.25, 0.3) is 0 Å². The van der Waals surface area contributed by atoms with Gasteiger partial charge in [-0.05, 0) is 24.1 Å². The molecule has 0 unspecified atom stereocenters. The molecule has 0 aliphatic rings. The number of aliphatic hydroxyl groups excluding tert-OH is 1. The monoisotopic (exact) mass is 263 g/mol. The van der Waals surface area contributed by atoms with Gasteiger partial charge in [-0.2, -0.15) is 0 Å². The van der Waals surface area contributed by atoms with Gasteiger partial charge in [-0.15, -0.1) is 0 Å². The molecule has 0 radical (unpaired) electrons. The maximum absolute atomic E-state index is 8.71. The Hall–Kier alpha value is -0.0900. The van der Waals surface area contributed by atoms with Crippen LogP contribution in [-0.2, 0) is 0 Å². The third kappa shape index (κ3) is 2.95. The standard InChI is InChI=1S/C9H11BrClNO/c10-6-1-2-7(8(11)5-6)9(12)3-4-13/h1-2,5,9,13H,3-4,12H2/t9-/m0/s1. The van der Waals surface area contributed by atoms with Gasteiger partial charge in [0.25, 0.3) is 0 Å². The number of nitrogens with two attached hydrogens (primary N) is 1. The summed E-state index contributed by atoms with van der Waals surface area (Å²) >= 11 is 9.28. The predicted molar refractivity (Wildman–Crippen MR) is 57.8 cm³/mol. The highest BCUT2D eigenvalue weighted by atomic mass is 79.9. The first-order valence-electron chi connectivity index (χ1n) is 3.96. The molecule has 1 atom stereocenters. The first-order valence-corrected chi connectivity index (χ1v) is 5.13. The lowest BCUT2D eigenvalue weighted by Crippen LogP contribution is -2.12. The highest BCUT2D eigenvalue weighted by molar-refractivity contribution is 9.10. The van der Waals surface area contributed by atoms with Crippen molar-refractivity contribution in [3.8, 4) is 0 Å². The lowest BCUT2D eigenvalue weighted by atomic mass is 10.1. The maximum atomic E-state index is 8.71. The van der Waals surface area contributed by atoms with Gasteiger partial charge >= 0.3 is 0 Å². The Morgan fingerprint density at radius 2 is 2.23 bits per heavy atom. The number of rotatable bonds is 3. The largest absolute Gasteiger partial charge is 0.396 e. The van der Waals surface area contributed by atoms with Crippen molar-refractivity contribution in [1.82, 2.24) is 0 Å². The van der Waals surface area contributed by atoms with Crippen LogP contribution in [0.15, 0.2) is 22.7 Å². The Kier molecular flexibility index (Phi) is 4.19. The summed E-state index contributed by atoms with van der Waals surface area (Å²) in [6.45, 7) is 0.0769. The van der Waals surface area contributed by atoms with E-state index in [0.29, 0.717) is 11.4 Å². The number of aliphatic hydroxyl groups is 1. The zero-order valence-electron chi connectivity index (χ0n) is 7.00. The summed E-state index contributed by atoms with van der Waals surface area (Å²) in [5.41, 5.74) is 6.67. The van der Waals surface area contributed by atoms with E-state index in [9.17, 15) is 0 Å². The summed E-state index contributed by atoms with van der Waals surface area (Å²) in [5.74, 6) is 0. The van der Waals surface area contributed by atoms with Gasteiger partial charge in [-0.25, -0.2) is 0 Å². The molecule has 4 heteroatoms. The van der Waals surface area contributed by atoms with E-state index in [1.54, 1.807) is 6.07 Å². The van der Waals surface area contributed by atoms with Crippen molar-refractivity contribution in [2.75, 3.05) is 6.61 Å². The van der Waals surface area contributed by atoms with Crippen LogP contribution in [0.1, 0.15) is 18.0 Å². The molecule has 3 N–H and O–H groups in total. The summed E-state index contributed by atoms with van der Waals surface area (Å²) in [5, 5.41) is 9.35. The second-order valence-electron chi connectivity index (χ2n) is 2.78. The van der Waals surface area contributed by atoms with E-state index in [2.05, 4.69) is 15.9 Å². The second-order valence-corrected chi connectivity index (χ2v) is 4.11. The normalized spacial score (nSPS) is 12.9. The van der Waals surface area contributed by atoms with E-state index in [1.165, 1.54) is 0 Å². The van der Waals surface area contributed by atoms with E-state index in [-0.39, 0.29) is 12.6 Å². The molecule has 0 saturated heterocycles. The van der Waals surface area contributed by atoms with Gasteiger partial charge in [0.2, 0.25) is 0 Å². The van der Waals surface area contributed by atoms with Crippen LogP contribution in [0.2, 0.25) is 5.02 Å². The van der Waals surface area contributed by atoms with Crippen LogP contribution < -0.4 is 5.73 Å². The van der Waals surface area contributed by atoms with Crippen molar-refractivity contribution in [1.29, 1.82) is 0 Å². The third-order valence-electron chi connectivity index (χ3n) is 1.80.